The van der Waals surface area contributed by atoms with Crippen molar-refractivity contribution < 1.29 is 9.53 Å². The van der Waals surface area contributed by atoms with Gasteiger partial charge in [-0.2, -0.15) is 0 Å². The van der Waals surface area contributed by atoms with E-state index in [1.54, 1.807) is 0 Å². The number of anilines is 1. The van der Waals surface area contributed by atoms with Crippen molar-refractivity contribution in [3.05, 3.63) is 64.2 Å². The number of hydrogen-bond acceptors (Lipinski definition) is 3. The number of ether oxygens (including phenoxy) is 1. The molecular formula is C25H31NO2. The topological polar surface area (TPSA) is 38.3 Å². The van der Waals surface area contributed by atoms with Gasteiger partial charge in [0.25, 0.3) is 0 Å². The number of benzene rings is 2. The van der Waals surface area contributed by atoms with Gasteiger partial charge in [0.1, 0.15) is 5.60 Å². The molecule has 0 heterocycles. The van der Waals surface area contributed by atoms with Crippen LogP contribution in [0.4, 0.5) is 5.69 Å². The van der Waals surface area contributed by atoms with Gasteiger partial charge in [-0.15, -0.1) is 0 Å². The van der Waals surface area contributed by atoms with Gasteiger partial charge in [-0.1, -0.05) is 18.2 Å². The van der Waals surface area contributed by atoms with Gasteiger partial charge in [0.15, 0.2) is 0 Å². The summed E-state index contributed by atoms with van der Waals surface area (Å²) in [6.45, 7) is 8.51. The van der Waals surface area contributed by atoms with E-state index in [1.807, 2.05) is 45.9 Å². The molecule has 0 amide bonds. The largest absolute Gasteiger partial charge is 0.456 e. The van der Waals surface area contributed by atoms with E-state index in [4.69, 9.17) is 4.74 Å². The first-order valence-electron chi connectivity index (χ1n) is 10.5. The normalized spacial score (nSPS) is 16.7. The second-order valence-corrected chi connectivity index (χ2v) is 9.44. The zero-order chi connectivity index (χ0) is 19.9. The predicted molar refractivity (Wildman–Crippen MR) is 114 cm³/mol. The Labute approximate surface area is 168 Å². The summed E-state index contributed by atoms with van der Waals surface area (Å²) in [4.78, 5) is 12.3. The van der Waals surface area contributed by atoms with Crippen LogP contribution in [0.25, 0.3) is 0 Å². The second-order valence-electron chi connectivity index (χ2n) is 9.44. The molecule has 28 heavy (non-hydrogen) atoms. The smallest absolute Gasteiger partial charge is 0.338 e. The molecule has 3 heteroatoms. The highest BCUT2D eigenvalue weighted by molar-refractivity contribution is 5.90. The van der Waals surface area contributed by atoms with Gasteiger partial charge in [-0.25, -0.2) is 4.79 Å². The van der Waals surface area contributed by atoms with Gasteiger partial charge in [-0.3, -0.25) is 0 Å². The number of hydrogen-bond donors (Lipinski definition) is 1. The fourth-order valence-electron chi connectivity index (χ4n) is 3.68. The van der Waals surface area contributed by atoms with Gasteiger partial charge in [0.2, 0.25) is 0 Å². The molecule has 0 spiro atoms. The highest BCUT2D eigenvalue weighted by Crippen LogP contribution is 2.45. The van der Waals surface area contributed by atoms with E-state index in [0.717, 1.165) is 29.6 Å². The van der Waals surface area contributed by atoms with E-state index in [0.29, 0.717) is 5.56 Å². The van der Waals surface area contributed by atoms with Crippen LogP contribution in [-0.2, 0) is 11.3 Å². The fraction of sp³-hybridized carbons (Fsp3) is 0.480. The van der Waals surface area contributed by atoms with Crippen LogP contribution in [0.2, 0.25) is 0 Å². The third-order valence-corrected chi connectivity index (χ3v) is 5.48. The van der Waals surface area contributed by atoms with Gasteiger partial charge >= 0.3 is 5.97 Å². The van der Waals surface area contributed by atoms with Crippen LogP contribution in [0.3, 0.4) is 0 Å². The highest BCUT2D eigenvalue weighted by Gasteiger charge is 2.28. The molecule has 2 aromatic carbocycles. The lowest BCUT2D eigenvalue weighted by Crippen LogP contribution is -2.23. The van der Waals surface area contributed by atoms with Crippen LogP contribution in [0.5, 0.6) is 0 Å². The molecule has 2 saturated carbocycles. The van der Waals surface area contributed by atoms with Gasteiger partial charge < -0.3 is 10.1 Å². The summed E-state index contributed by atoms with van der Waals surface area (Å²) in [7, 11) is 0. The third kappa shape index (κ3) is 4.76. The standard InChI is InChI=1S/C25H31NO2/c1-16-11-20(24(27)28-25(2,3)4)9-10-23(16)26-15-17-12-21(18-5-6-18)14-22(13-17)19-7-8-19/h9-14,18-19,26H,5-8,15H2,1-4H3. The van der Waals surface area contributed by atoms with Crippen molar-refractivity contribution in [3.63, 3.8) is 0 Å². The van der Waals surface area contributed by atoms with E-state index in [2.05, 4.69) is 23.5 Å². The Morgan fingerprint density at radius 1 is 1.00 bits per heavy atom. The zero-order valence-electron chi connectivity index (χ0n) is 17.5. The minimum Gasteiger partial charge on any atom is -0.456 e. The van der Waals surface area contributed by atoms with Crippen LogP contribution >= 0.6 is 0 Å². The molecule has 2 aliphatic rings. The Morgan fingerprint density at radius 3 is 2.11 bits per heavy atom. The predicted octanol–water partition coefficient (Wildman–Crippen LogP) is 6.32. The Kier molecular flexibility index (Phi) is 4.95. The van der Waals surface area contributed by atoms with Crippen molar-refractivity contribution in [1.82, 2.24) is 0 Å². The van der Waals surface area contributed by atoms with Crippen molar-refractivity contribution in [1.29, 1.82) is 0 Å². The minimum absolute atomic E-state index is 0.270. The maximum Gasteiger partial charge on any atom is 0.338 e. The molecule has 148 valence electrons. The van der Waals surface area contributed by atoms with E-state index in [9.17, 15) is 4.79 Å². The summed E-state index contributed by atoms with van der Waals surface area (Å²) in [6, 6.07) is 12.9. The molecule has 4 rings (SSSR count). The SMILES string of the molecule is Cc1cc(C(=O)OC(C)(C)C)ccc1NCc1cc(C2CC2)cc(C2CC2)c1. The third-order valence-electron chi connectivity index (χ3n) is 5.48. The average Bonchev–Trinajstić information content (AvgIpc) is 3.51. The van der Waals surface area contributed by atoms with Crippen LogP contribution < -0.4 is 5.32 Å². The van der Waals surface area contributed by atoms with Crippen molar-refractivity contribution in [2.24, 2.45) is 0 Å². The van der Waals surface area contributed by atoms with E-state index in [-0.39, 0.29) is 5.97 Å². The lowest BCUT2D eigenvalue weighted by molar-refractivity contribution is 0.00694. The summed E-state index contributed by atoms with van der Waals surface area (Å²) >= 11 is 0. The first kappa shape index (κ1) is 19.0. The van der Waals surface area contributed by atoms with E-state index < -0.39 is 5.60 Å². The van der Waals surface area contributed by atoms with Crippen LogP contribution in [0, 0.1) is 6.92 Å². The lowest BCUT2D eigenvalue weighted by atomic mass is 9.99. The lowest BCUT2D eigenvalue weighted by Gasteiger charge is -2.20. The Balaban J connectivity index is 1.45. The highest BCUT2D eigenvalue weighted by atomic mass is 16.6. The van der Waals surface area contributed by atoms with E-state index in [1.165, 1.54) is 42.4 Å². The summed E-state index contributed by atoms with van der Waals surface area (Å²) < 4.78 is 5.47. The number of esters is 1. The van der Waals surface area contributed by atoms with Gasteiger partial charge in [0.05, 0.1) is 5.56 Å². The first-order chi connectivity index (χ1) is 13.3. The molecule has 0 unspecified atom stereocenters. The molecule has 1 N–H and O–H groups in total. The summed E-state index contributed by atoms with van der Waals surface area (Å²) in [5, 5.41) is 3.56. The number of aryl methyl sites for hydroxylation is 1. The molecule has 0 aromatic heterocycles. The van der Waals surface area contributed by atoms with Gasteiger partial charge in [0, 0.05) is 12.2 Å². The summed E-state index contributed by atoms with van der Waals surface area (Å²) in [6.07, 6.45) is 5.36. The van der Waals surface area contributed by atoms with Gasteiger partial charge in [-0.05, 0) is 106 Å². The van der Waals surface area contributed by atoms with Crippen molar-refractivity contribution in [2.75, 3.05) is 5.32 Å². The van der Waals surface area contributed by atoms with Crippen molar-refractivity contribution >= 4 is 11.7 Å². The number of carbonyl (C=O) groups excluding carboxylic acids is 1. The molecule has 3 nitrogen and oxygen atoms in total. The minimum atomic E-state index is -0.478. The fourth-order valence-corrected chi connectivity index (χ4v) is 3.68. The molecule has 0 atom stereocenters. The molecule has 0 bridgehead atoms. The zero-order valence-corrected chi connectivity index (χ0v) is 17.5. The molecule has 2 aliphatic carbocycles. The van der Waals surface area contributed by atoms with Crippen LogP contribution in [-0.4, -0.2) is 11.6 Å². The number of carbonyl (C=O) groups is 1. The maximum absolute atomic E-state index is 12.3. The Hall–Kier alpha value is -2.29. The molecule has 2 fully saturated rings. The summed E-state index contributed by atoms with van der Waals surface area (Å²) in [5.74, 6) is 1.30. The van der Waals surface area contributed by atoms with Crippen molar-refractivity contribution in [2.45, 2.75) is 77.4 Å². The molecular weight excluding hydrogens is 346 g/mol. The Bertz CT molecular complexity index is 856. The maximum atomic E-state index is 12.3. The number of rotatable bonds is 6. The monoisotopic (exact) mass is 377 g/mol. The second kappa shape index (κ2) is 7.27. The molecule has 2 aromatic rings. The number of nitrogens with one attached hydrogen (secondary N) is 1. The van der Waals surface area contributed by atoms with Crippen LogP contribution in [0.1, 0.15) is 90.9 Å². The van der Waals surface area contributed by atoms with E-state index >= 15 is 0 Å². The average molecular weight is 378 g/mol. The van der Waals surface area contributed by atoms with Crippen molar-refractivity contribution in [3.8, 4) is 0 Å². The molecule has 0 radical (unpaired) electrons. The quantitative estimate of drug-likeness (QED) is 0.599. The Morgan fingerprint density at radius 2 is 1.61 bits per heavy atom. The molecule has 0 aliphatic heterocycles. The molecule has 0 saturated heterocycles. The van der Waals surface area contributed by atoms with Crippen LogP contribution in [0.15, 0.2) is 36.4 Å². The first-order valence-corrected chi connectivity index (χ1v) is 10.5. The summed E-state index contributed by atoms with van der Waals surface area (Å²) in [5.41, 5.74) is 6.66.